The van der Waals surface area contributed by atoms with E-state index in [1.165, 1.54) is 17.1 Å². The summed E-state index contributed by atoms with van der Waals surface area (Å²) < 4.78 is 0. The van der Waals surface area contributed by atoms with Crippen LogP contribution in [0.3, 0.4) is 0 Å². The van der Waals surface area contributed by atoms with Crippen LogP contribution in [0.25, 0.3) is 0 Å². The van der Waals surface area contributed by atoms with Crippen molar-refractivity contribution in [3.8, 4) is 0 Å². The van der Waals surface area contributed by atoms with Crippen molar-refractivity contribution < 1.29 is 24.0 Å². The number of hydrogen-bond donors (Lipinski definition) is 4. The van der Waals surface area contributed by atoms with Crippen LogP contribution in [0.1, 0.15) is 51.4 Å². The van der Waals surface area contributed by atoms with Crippen LogP contribution < -0.4 is 21.5 Å². The number of hydrogen-bond acceptors (Lipinski definition) is 6. The van der Waals surface area contributed by atoms with E-state index in [-0.39, 0.29) is 48.2 Å². The highest BCUT2D eigenvalue weighted by Gasteiger charge is 2.42. The molecule has 0 aromatic heterocycles. The number of nitrogens with one attached hydrogen (secondary N) is 4. The van der Waals surface area contributed by atoms with Gasteiger partial charge in [0, 0.05) is 42.5 Å². The Hall–Kier alpha value is -2.56. The molecule has 0 radical (unpaired) electrons. The zero-order valence-corrected chi connectivity index (χ0v) is 18.2. The minimum Gasteiger partial charge on any atom is -0.332 e. The summed E-state index contributed by atoms with van der Waals surface area (Å²) in [7, 11) is 0. The minimum atomic E-state index is -0.293. The molecule has 170 valence electrons. The molecule has 2 saturated heterocycles. The van der Waals surface area contributed by atoms with Gasteiger partial charge in [-0.15, -0.1) is 0 Å². The number of rotatable bonds is 11. The molecule has 31 heavy (non-hydrogen) atoms. The number of thioether (sulfide) groups is 1. The first-order valence-corrected chi connectivity index (χ1v) is 11.8. The summed E-state index contributed by atoms with van der Waals surface area (Å²) >= 11 is 1.85. The van der Waals surface area contributed by atoms with Crippen LogP contribution in [0.15, 0.2) is 12.2 Å². The predicted molar refractivity (Wildman–Crippen MR) is 115 cm³/mol. The summed E-state index contributed by atoms with van der Waals surface area (Å²) in [4.78, 5) is 59.1. The molecule has 0 aromatic carbocycles. The van der Waals surface area contributed by atoms with Gasteiger partial charge in [-0.3, -0.25) is 34.9 Å². The molecule has 0 aliphatic carbocycles. The molecule has 6 amide bonds. The Kier molecular flexibility index (Phi) is 8.33. The van der Waals surface area contributed by atoms with Crippen molar-refractivity contribution in [2.24, 2.45) is 0 Å². The van der Waals surface area contributed by atoms with Crippen LogP contribution in [0.4, 0.5) is 4.79 Å². The fourth-order valence-corrected chi connectivity index (χ4v) is 5.47. The molecule has 3 rings (SSSR count). The maximum atomic E-state index is 11.9. The highest BCUT2D eigenvalue weighted by molar-refractivity contribution is 8.00. The van der Waals surface area contributed by atoms with Gasteiger partial charge in [-0.05, 0) is 25.7 Å². The number of nitrogens with zero attached hydrogens (tertiary/aromatic N) is 1. The number of amides is 6. The van der Waals surface area contributed by atoms with Crippen LogP contribution in [-0.2, 0) is 19.2 Å². The van der Waals surface area contributed by atoms with Gasteiger partial charge in [0.1, 0.15) is 0 Å². The van der Waals surface area contributed by atoms with Crippen molar-refractivity contribution >= 4 is 41.4 Å². The Balaban J connectivity index is 1.16. The molecular formula is C20H29N5O5S. The molecule has 3 heterocycles. The lowest BCUT2D eigenvalue weighted by molar-refractivity contribution is -0.137. The van der Waals surface area contributed by atoms with Gasteiger partial charge in [-0.2, -0.15) is 11.8 Å². The van der Waals surface area contributed by atoms with Crippen molar-refractivity contribution in [1.82, 2.24) is 26.4 Å². The zero-order valence-electron chi connectivity index (χ0n) is 17.4. The van der Waals surface area contributed by atoms with E-state index in [4.69, 9.17) is 0 Å². The number of carbonyl (C=O) groups excluding carboxylic acids is 5. The topological polar surface area (TPSA) is 137 Å². The Labute approximate surface area is 185 Å². The lowest BCUT2D eigenvalue weighted by atomic mass is 10.0. The highest BCUT2D eigenvalue weighted by Crippen LogP contribution is 2.33. The van der Waals surface area contributed by atoms with Gasteiger partial charge in [-0.1, -0.05) is 12.8 Å². The molecule has 0 saturated carbocycles. The summed E-state index contributed by atoms with van der Waals surface area (Å²) in [5.74, 6) is -0.148. The number of unbranched alkanes of at least 4 members (excludes halogenated alkanes) is 3. The van der Waals surface area contributed by atoms with Crippen LogP contribution in [-0.4, -0.2) is 64.2 Å². The molecule has 4 N–H and O–H groups in total. The van der Waals surface area contributed by atoms with Crippen molar-refractivity contribution in [2.75, 3.05) is 12.3 Å². The Bertz CT molecular complexity index is 740. The molecule has 0 aromatic rings. The lowest BCUT2D eigenvalue weighted by Gasteiger charge is -2.16. The van der Waals surface area contributed by atoms with Crippen molar-refractivity contribution in [1.29, 1.82) is 0 Å². The first-order valence-electron chi connectivity index (χ1n) is 10.7. The van der Waals surface area contributed by atoms with E-state index in [9.17, 15) is 24.0 Å². The average Bonchev–Trinajstić information content (AvgIpc) is 3.39. The fourth-order valence-electron chi connectivity index (χ4n) is 3.92. The molecule has 11 heteroatoms. The molecule has 0 spiro atoms. The first kappa shape index (κ1) is 23.1. The van der Waals surface area contributed by atoms with Gasteiger partial charge in [0.15, 0.2) is 0 Å². The quantitative estimate of drug-likeness (QED) is 0.155. The second-order valence-electron chi connectivity index (χ2n) is 7.94. The predicted octanol–water partition coefficient (Wildman–Crippen LogP) is 0.345. The van der Waals surface area contributed by atoms with Crippen LogP contribution in [0, 0.1) is 0 Å². The Morgan fingerprint density at radius 1 is 0.935 bits per heavy atom. The summed E-state index contributed by atoms with van der Waals surface area (Å²) in [5, 5.41) is 6.25. The summed E-state index contributed by atoms with van der Waals surface area (Å²) in [6.07, 6.45) is 7.62. The third kappa shape index (κ3) is 6.71. The molecule has 3 aliphatic heterocycles. The molecular weight excluding hydrogens is 422 g/mol. The van der Waals surface area contributed by atoms with Gasteiger partial charge in [0.05, 0.1) is 12.1 Å². The van der Waals surface area contributed by atoms with Crippen molar-refractivity contribution in [3.05, 3.63) is 12.2 Å². The standard InChI is InChI=1S/C20H29N5O5S/c26-15(7-2-1-5-11-25-17(28)9-10-18(25)29)23-24-16(27)8-4-3-6-14-19-13(12-31-14)21-20(30)22-19/h9-10,13-14,19H,1-8,11-12H2,(H,23,26)(H,24,27)(H2,21,22,30)/t13-,14?,19-/m0/s1. The Morgan fingerprint density at radius 3 is 2.26 bits per heavy atom. The second-order valence-corrected chi connectivity index (χ2v) is 9.21. The maximum absolute atomic E-state index is 11.9. The molecule has 2 fully saturated rings. The van der Waals surface area contributed by atoms with E-state index < -0.39 is 0 Å². The fraction of sp³-hybridized carbons (Fsp3) is 0.650. The number of hydrazine groups is 1. The van der Waals surface area contributed by atoms with E-state index in [1.807, 2.05) is 11.8 Å². The molecule has 3 aliphatic rings. The van der Waals surface area contributed by atoms with Crippen LogP contribution in [0.2, 0.25) is 0 Å². The normalized spacial score (nSPS) is 24.2. The minimum absolute atomic E-state index is 0.0930. The third-order valence-corrected chi connectivity index (χ3v) is 7.12. The van der Waals surface area contributed by atoms with Gasteiger partial charge in [0.2, 0.25) is 11.8 Å². The lowest BCUT2D eigenvalue weighted by Crippen LogP contribution is -2.41. The van der Waals surface area contributed by atoms with E-state index in [2.05, 4.69) is 21.5 Å². The summed E-state index contributed by atoms with van der Waals surface area (Å²) in [6.45, 7) is 0.354. The van der Waals surface area contributed by atoms with E-state index in [0.717, 1.165) is 25.0 Å². The number of imide groups is 1. The first-order chi connectivity index (χ1) is 14.9. The highest BCUT2D eigenvalue weighted by atomic mass is 32.2. The van der Waals surface area contributed by atoms with E-state index in [0.29, 0.717) is 37.5 Å². The van der Waals surface area contributed by atoms with E-state index >= 15 is 0 Å². The van der Waals surface area contributed by atoms with Crippen molar-refractivity contribution in [3.63, 3.8) is 0 Å². The van der Waals surface area contributed by atoms with Crippen LogP contribution >= 0.6 is 11.8 Å². The molecule has 1 unspecified atom stereocenters. The largest absolute Gasteiger partial charge is 0.332 e. The SMILES string of the molecule is O=C(CCCCCN1C(=O)C=CC1=O)NNC(=O)CCCCC1SC[C@@H]2NC(=O)N[C@H]12. The molecule has 10 nitrogen and oxygen atoms in total. The van der Waals surface area contributed by atoms with Crippen LogP contribution in [0.5, 0.6) is 0 Å². The van der Waals surface area contributed by atoms with Gasteiger partial charge in [0.25, 0.3) is 11.8 Å². The molecule has 3 atom stereocenters. The second kappa shape index (κ2) is 11.2. The van der Waals surface area contributed by atoms with E-state index in [1.54, 1.807) is 0 Å². The molecule has 0 bridgehead atoms. The third-order valence-electron chi connectivity index (χ3n) is 5.61. The zero-order chi connectivity index (χ0) is 22.2. The number of urea groups is 1. The number of carbonyl (C=O) groups is 5. The maximum Gasteiger partial charge on any atom is 0.315 e. The van der Waals surface area contributed by atoms with Gasteiger partial charge in [-0.25, -0.2) is 4.79 Å². The summed E-state index contributed by atoms with van der Waals surface area (Å²) in [6, 6.07) is 0.298. The smallest absolute Gasteiger partial charge is 0.315 e. The van der Waals surface area contributed by atoms with Gasteiger partial charge >= 0.3 is 6.03 Å². The monoisotopic (exact) mass is 451 g/mol. The Morgan fingerprint density at radius 2 is 1.58 bits per heavy atom. The average molecular weight is 452 g/mol. The summed E-state index contributed by atoms with van der Waals surface area (Å²) in [5.41, 5.74) is 4.85. The number of fused-ring (bicyclic) bond motifs is 1. The van der Waals surface area contributed by atoms with Gasteiger partial charge < -0.3 is 10.6 Å². The van der Waals surface area contributed by atoms with Crippen molar-refractivity contribution in [2.45, 2.75) is 68.7 Å².